The van der Waals surface area contributed by atoms with Crippen LogP contribution in [0.25, 0.3) is 39.2 Å². The number of nitrogens with two attached hydrogens (primary N) is 1. The molecule has 1 saturated carbocycles. The van der Waals surface area contributed by atoms with Gasteiger partial charge in [0.1, 0.15) is 17.5 Å². The molecule has 6 rings (SSSR count). The van der Waals surface area contributed by atoms with Crippen molar-refractivity contribution in [2.45, 2.75) is 25.7 Å². The van der Waals surface area contributed by atoms with Crippen LogP contribution in [0.5, 0.6) is 0 Å². The molecule has 1 amide bonds. The molecule has 0 atom stereocenters. The maximum Gasteiger partial charge on any atom is 0.308 e. The van der Waals surface area contributed by atoms with E-state index in [1.54, 1.807) is 18.5 Å². The first-order chi connectivity index (χ1) is 20.0. The van der Waals surface area contributed by atoms with Crippen LogP contribution < -0.4 is 11.1 Å². The number of methoxy groups -OCH3 is 1. The zero-order chi connectivity index (χ0) is 28.3. The van der Waals surface area contributed by atoms with Crippen molar-refractivity contribution in [3.63, 3.8) is 0 Å². The number of aromatic nitrogens is 4. The van der Waals surface area contributed by atoms with Crippen molar-refractivity contribution in [1.82, 2.24) is 19.5 Å². The van der Waals surface area contributed by atoms with Crippen LogP contribution in [0.1, 0.15) is 25.7 Å². The molecule has 1 fully saturated rings. The predicted octanol–water partition coefficient (Wildman–Crippen LogP) is 5.65. The number of nitrogens with zero attached hydrogens (tertiary/aromatic N) is 4. The zero-order valence-electron chi connectivity index (χ0n) is 22.7. The van der Waals surface area contributed by atoms with Crippen LogP contribution in [-0.2, 0) is 14.3 Å². The quantitative estimate of drug-likeness (QED) is 0.264. The monoisotopic (exact) mass is 546 g/mol. The molecule has 3 heterocycles. The molecule has 0 radical (unpaired) electrons. The topological polar surface area (TPSA) is 125 Å². The lowest BCUT2D eigenvalue weighted by Gasteiger charge is -2.25. The van der Waals surface area contributed by atoms with Gasteiger partial charge < -0.3 is 15.8 Å². The molecule has 0 unspecified atom stereocenters. The minimum Gasteiger partial charge on any atom is -0.469 e. The summed E-state index contributed by atoms with van der Waals surface area (Å²) < 4.78 is 6.87. The van der Waals surface area contributed by atoms with Gasteiger partial charge in [0.15, 0.2) is 0 Å². The van der Waals surface area contributed by atoms with E-state index in [0.29, 0.717) is 48.7 Å². The minimum absolute atomic E-state index is 0.0852. The summed E-state index contributed by atoms with van der Waals surface area (Å²) in [5.74, 6) is 0.923. The van der Waals surface area contributed by atoms with E-state index in [4.69, 9.17) is 15.5 Å². The van der Waals surface area contributed by atoms with E-state index >= 15 is 0 Å². The summed E-state index contributed by atoms with van der Waals surface area (Å²) >= 11 is 0. The smallest absolute Gasteiger partial charge is 0.308 e. The Morgan fingerprint density at radius 2 is 1.68 bits per heavy atom. The summed E-state index contributed by atoms with van der Waals surface area (Å²) in [6.07, 6.45) is 5.96. The van der Waals surface area contributed by atoms with Crippen LogP contribution in [0.4, 0.5) is 11.6 Å². The third-order valence-corrected chi connectivity index (χ3v) is 7.73. The number of nitrogens with one attached hydrogen (secondary N) is 1. The molecule has 9 nitrogen and oxygen atoms in total. The summed E-state index contributed by atoms with van der Waals surface area (Å²) in [5, 5.41) is 2.94. The highest BCUT2D eigenvalue weighted by molar-refractivity contribution is 5.92. The average Bonchev–Trinajstić information content (AvgIpc) is 3.40. The Kier molecular flexibility index (Phi) is 7.16. The third-order valence-electron chi connectivity index (χ3n) is 7.73. The molecule has 3 aromatic heterocycles. The summed E-state index contributed by atoms with van der Waals surface area (Å²) in [4.78, 5) is 38.5. The summed E-state index contributed by atoms with van der Waals surface area (Å²) in [7, 11) is 1.40. The molecule has 9 heteroatoms. The molecular formula is C32H30N6O3. The Balaban J connectivity index is 1.31. The van der Waals surface area contributed by atoms with Gasteiger partial charge in [-0.2, -0.15) is 0 Å². The van der Waals surface area contributed by atoms with Gasteiger partial charge in [0.05, 0.1) is 41.5 Å². The summed E-state index contributed by atoms with van der Waals surface area (Å²) in [6, 6.07) is 23.8. The molecular weight excluding hydrogens is 516 g/mol. The van der Waals surface area contributed by atoms with Gasteiger partial charge in [-0.3, -0.25) is 14.2 Å². The van der Waals surface area contributed by atoms with Crippen molar-refractivity contribution in [2.75, 3.05) is 18.2 Å². The zero-order valence-corrected chi connectivity index (χ0v) is 22.7. The highest BCUT2D eigenvalue weighted by Gasteiger charge is 2.30. The first-order valence-electron chi connectivity index (χ1n) is 13.7. The fourth-order valence-electron chi connectivity index (χ4n) is 5.51. The van der Waals surface area contributed by atoms with Crippen LogP contribution in [0, 0.1) is 11.8 Å². The number of amides is 1. The number of esters is 1. The van der Waals surface area contributed by atoms with Gasteiger partial charge in [-0.1, -0.05) is 36.4 Å². The van der Waals surface area contributed by atoms with Gasteiger partial charge in [-0.15, -0.1) is 0 Å². The summed E-state index contributed by atoms with van der Waals surface area (Å²) in [6.45, 7) is 0. The Bertz CT molecular complexity index is 1710. The van der Waals surface area contributed by atoms with E-state index in [2.05, 4.69) is 39.6 Å². The Labute approximate surface area is 237 Å². The van der Waals surface area contributed by atoms with Crippen molar-refractivity contribution >= 4 is 34.5 Å². The molecule has 2 aromatic carbocycles. The first kappa shape index (κ1) is 26.2. The molecule has 1 aliphatic rings. The van der Waals surface area contributed by atoms with Gasteiger partial charge in [-0.05, 0) is 73.2 Å². The SMILES string of the molecule is COC(=O)C1CCC(C(=O)Nc2ccc(-n3c(-c4cccnc4N)nc4ccc(-c5ccccc5)cc43)cn2)CC1. The van der Waals surface area contributed by atoms with E-state index in [0.717, 1.165) is 27.8 Å². The number of benzene rings is 2. The lowest BCUT2D eigenvalue weighted by Crippen LogP contribution is -2.30. The van der Waals surface area contributed by atoms with Gasteiger partial charge in [0.2, 0.25) is 5.91 Å². The van der Waals surface area contributed by atoms with Gasteiger partial charge in [0.25, 0.3) is 0 Å². The van der Waals surface area contributed by atoms with E-state index < -0.39 is 0 Å². The standard InChI is InChI=1S/C32H30N6O3/c1-41-32(40)22-11-9-21(10-12-22)31(39)37-28-16-14-24(19-35-28)38-27-18-23(20-6-3-2-4-7-20)13-15-26(27)36-30(38)25-8-5-17-34-29(25)33/h2-8,13-19,21-22H,9-12H2,1H3,(H2,33,34)(H,35,37,39). The van der Waals surface area contributed by atoms with E-state index in [9.17, 15) is 9.59 Å². The lowest BCUT2D eigenvalue weighted by molar-refractivity contribution is -0.147. The van der Waals surface area contributed by atoms with Gasteiger partial charge in [-0.25, -0.2) is 15.0 Å². The first-order valence-corrected chi connectivity index (χ1v) is 13.7. The lowest BCUT2D eigenvalue weighted by atomic mass is 9.81. The molecule has 0 saturated heterocycles. The molecule has 41 heavy (non-hydrogen) atoms. The van der Waals surface area contributed by atoms with Crippen LogP contribution in [0.3, 0.4) is 0 Å². The van der Waals surface area contributed by atoms with Crippen LogP contribution in [0.15, 0.2) is 85.2 Å². The number of ether oxygens (including phenoxy) is 1. The third kappa shape index (κ3) is 5.26. The number of carbonyl (C=O) groups excluding carboxylic acids is 2. The fourth-order valence-corrected chi connectivity index (χ4v) is 5.51. The summed E-state index contributed by atoms with van der Waals surface area (Å²) in [5.41, 5.74) is 11.6. The number of rotatable bonds is 6. The number of pyridine rings is 2. The second-order valence-corrected chi connectivity index (χ2v) is 10.2. The van der Waals surface area contributed by atoms with Crippen molar-refractivity contribution in [3.8, 4) is 28.2 Å². The van der Waals surface area contributed by atoms with E-state index in [1.807, 2.05) is 47.0 Å². The van der Waals surface area contributed by atoms with Crippen LogP contribution in [-0.4, -0.2) is 38.5 Å². The Hall–Kier alpha value is -5.05. The highest BCUT2D eigenvalue weighted by atomic mass is 16.5. The van der Waals surface area contributed by atoms with Crippen molar-refractivity contribution in [3.05, 3.63) is 85.2 Å². The number of imidazole rings is 1. The molecule has 0 spiro atoms. The normalized spacial score (nSPS) is 16.8. The van der Waals surface area contributed by atoms with Crippen molar-refractivity contribution in [2.24, 2.45) is 11.8 Å². The number of anilines is 2. The maximum absolute atomic E-state index is 12.9. The molecule has 0 aliphatic heterocycles. The number of nitrogen functional groups attached to an aromatic ring is 1. The van der Waals surface area contributed by atoms with E-state index in [1.165, 1.54) is 7.11 Å². The molecule has 5 aromatic rings. The molecule has 206 valence electrons. The maximum atomic E-state index is 12.9. The largest absolute Gasteiger partial charge is 0.469 e. The number of carbonyl (C=O) groups is 2. The predicted molar refractivity (Wildman–Crippen MR) is 158 cm³/mol. The molecule has 3 N–H and O–H groups in total. The molecule has 0 bridgehead atoms. The Morgan fingerprint density at radius 1 is 0.902 bits per heavy atom. The Morgan fingerprint density at radius 3 is 2.39 bits per heavy atom. The number of hydrogen-bond donors (Lipinski definition) is 2. The van der Waals surface area contributed by atoms with E-state index in [-0.39, 0.29) is 23.7 Å². The average molecular weight is 547 g/mol. The van der Waals surface area contributed by atoms with Gasteiger partial charge in [0, 0.05) is 12.1 Å². The number of hydrogen-bond acceptors (Lipinski definition) is 7. The van der Waals surface area contributed by atoms with Crippen LogP contribution in [0.2, 0.25) is 0 Å². The molecule has 1 aliphatic carbocycles. The second-order valence-electron chi connectivity index (χ2n) is 10.2. The number of fused-ring (bicyclic) bond motifs is 1. The fraction of sp³-hybridized carbons (Fsp3) is 0.219. The van der Waals surface area contributed by atoms with Crippen molar-refractivity contribution in [1.29, 1.82) is 0 Å². The minimum atomic E-state index is -0.198. The van der Waals surface area contributed by atoms with Crippen LogP contribution >= 0.6 is 0 Å². The van der Waals surface area contributed by atoms with Crippen molar-refractivity contribution < 1.29 is 14.3 Å². The highest BCUT2D eigenvalue weighted by Crippen LogP contribution is 2.34. The van der Waals surface area contributed by atoms with Gasteiger partial charge >= 0.3 is 5.97 Å². The second kappa shape index (κ2) is 11.2.